The molecule has 0 bridgehead atoms. The molecule has 0 saturated heterocycles. The van der Waals surface area contributed by atoms with Crippen molar-refractivity contribution >= 4 is 32.8 Å². The molecule has 3 rings (SSSR count). The van der Waals surface area contributed by atoms with E-state index in [-0.39, 0.29) is 10.6 Å². The number of hydrogen-bond donors (Lipinski definition) is 1. The van der Waals surface area contributed by atoms with Crippen molar-refractivity contribution in [2.75, 3.05) is 11.6 Å². The minimum absolute atomic E-state index is 0.0815. The average molecular weight is 394 g/mol. The Kier molecular flexibility index (Phi) is 4.68. The summed E-state index contributed by atoms with van der Waals surface area (Å²) in [6.07, 6.45) is 1.01. The van der Waals surface area contributed by atoms with Gasteiger partial charge in [-0.15, -0.1) is 11.3 Å². The highest BCUT2D eigenvalue weighted by atomic mass is 32.2. The van der Waals surface area contributed by atoms with Gasteiger partial charge in [0.2, 0.25) is 0 Å². The van der Waals surface area contributed by atoms with Crippen molar-refractivity contribution in [2.45, 2.75) is 18.7 Å². The first-order valence-electron chi connectivity index (χ1n) is 7.50. The van der Waals surface area contributed by atoms with Crippen molar-refractivity contribution in [1.82, 2.24) is 4.98 Å². The van der Waals surface area contributed by atoms with E-state index in [9.17, 15) is 17.6 Å². The van der Waals surface area contributed by atoms with Crippen LogP contribution in [0, 0.1) is 19.7 Å². The number of benzene rings is 1. The molecule has 0 unspecified atom stereocenters. The topological polar surface area (TPSA) is 89.3 Å². The van der Waals surface area contributed by atoms with Gasteiger partial charge in [-0.25, -0.2) is 17.8 Å². The van der Waals surface area contributed by atoms with E-state index < -0.39 is 21.6 Å². The summed E-state index contributed by atoms with van der Waals surface area (Å²) in [6, 6.07) is 6.79. The first kappa shape index (κ1) is 18.3. The van der Waals surface area contributed by atoms with Gasteiger partial charge >= 0.3 is 0 Å². The molecule has 2 aromatic heterocycles. The van der Waals surface area contributed by atoms with Crippen LogP contribution < -0.4 is 5.32 Å². The van der Waals surface area contributed by atoms with Crippen molar-refractivity contribution in [3.8, 4) is 10.8 Å². The van der Waals surface area contributed by atoms with Crippen LogP contribution in [0.25, 0.3) is 10.8 Å². The second-order valence-electron chi connectivity index (χ2n) is 5.71. The van der Waals surface area contributed by atoms with Gasteiger partial charge in [0.25, 0.3) is 5.91 Å². The maximum absolute atomic E-state index is 14.0. The van der Waals surface area contributed by atoms with Gasteiger partial charge in [-0.05, 0) is 44.2 Å². The third-order valence-electron chi connectivity index (χ3n) is 3.57. The summed E-state index contributed by atoms with van der Waals surface area (Å²) in [7, 11) is -3.52. The van der Waals surface area contributed by atoms with Gasteiger partial charge < -0.3 is 9.73 Å². The fourth-order valence-corrected chi connectivity index (χ4v) is 3.84. The zero-order valence-electron chi connectivity index (χ0n) is 14.2. The molecule has 0 spiro atoms. The Morgan fingerprint density at radius 2 is 1.96 bits per heavy atom. The number of nitrogens with one attached hydrogen (secondary N) is 1. The molecule has 6 nitrogen and oxygen atoms in total. The Labute approximate surface area is 153 Å². The number of amides is 1. The molecule has 0 atom stereocenters. The number of hydrogen-bond acceptors (Lipinski definition) is 6. The van der Waals surface area contributed by atoms with Crippen LogP contribution in [-0.2, 0) is 9.84 Å². The zero-order chi connectivity index (χ0) is 19.1. The summed E-state index contributed by atoms with van der Waals surface area (Å²) in [6.45, 7) is 3.46. The molecule has 0 saturated carbocycles. The van der Waals surface area contributed by atoms with E-state index in [2.05, 4.69) is 10.3 Å². The normalized spacial score (nSPS) is 11.5. The lowest BCUT2D eigenvalue weighted by molar-refractivity contribution is 0.102. The van der Waals surface area contributed by atoms with E-state index >= 15 is 0 Å². The fourth-order valence-electron chi connectivity index (χ4n) is 2.27. The molecular weight excluding hydrogens is 379 g/mol. The van der Waals surface area contributed by atoms with Crippen LogP contribution in [0.5, 0.6) is 0 Å². The molecule has 3 aromatic rings. The third-order valence-corrected chi connectivity index (χ3v) is 5.85. The van der Waals surface area contributed by atoms with Crippen molar-refractivity contribution in [3.63, 3.8) is 0 Å². The van der Waals surface area contributed by atoms with Crippen molar-refractivity contribution < 1.29 is 22.0 Å². The summed E-state index contributed by atoms with van der Waals surface area (Å²) < 4.78 is 42.7. The fraction of sp³-hybridized carbons (Fsp3) is 0.176. The van der Waals surface area contributed by atoms with Crippen LogP contribution in [0.1, 0.15) is 21.1 Å². The number of aryl methyl sites for hydroxylation is 2. The number of halogens is 1. The second kappa shape index (κ2) is 6.65. The number of aromatic nitrogens is 1. The standard InChI is InChI=1S/C17H15FN2O4S2/c1-9-4-7-14(24-9)17-19-10(2)15(25-17)16(21)20-13-8-11(26(3,22)23)5-6-12(13)18/h4-8H,1-3H3,(H,20,21). The minimum atomic E-state index is -3.52. The maximum Gasteiger partial charge on any atom is 0.267 e. The molecule has 1 aromatic carbocycles. The lowest BCUT2D eigenvalue weighted by Crippen LogP contribution is -2.13. The number of anilines is 1. The van der Waals surface area contributed by atoms with E-state index in [1.165, 1.54) is 0 Å². The van der Waals surface area contributed by atoms with Gasteiger partial charge in [-0.1, -0.05) is 0 Å². The molecule has 0 aliphatic rings. The van der Waals surface area contributed by atoms with Crippen LogP contribution >= 0.6 is 11.3 Å². The minimum Gasteiger partial charge on any atom is -0.459 e. The van der Waals surface area contributed by atoms with Crippen LogP contribution in [0.2, 0.25) is 0 Å². The molecule has 1 amide bonds. The molecular formula is C17H15FN2O4S2. The van der Waals surface area contributed by atoms with E-state index in [0.29, 0.717) is 21.3 Å². The largest absolute Gasteiger partial charge is 0.459 e. The SMILES string of the molecule is Cc1ccc(-c2nc(C)c(C(=O)Nc3cc(S(C)(=O)=O)ccc3F)s2)o1. The Morgan fingerprint density at radius 1 is 1.23 bits per heavy atom. The van der Waals surface area contributed by atoms with E-state index in [1.54, 1.807) is 26.0 Å². The highest BCUT2D eigenvalue weighted by Crippen LogP contribution is 2.30. The highest BCUT2D eigenvalue weighted by Gasteiger charge is 2.20. The number of furan rings is 1. The first-order valence-corrected chi connectivity index (χ1v) is 10.2. The van der Waals surface area contributed by atoms with Gasteiger partial charge in [0.1, 0.15) is 16.5 Å². The summed E-state index contributed by atoms with van der Waals surface area (Å²) >= 11 is 1.11. The highest BCUT2D eigenvalue weighted by molar-refractivity contribution is 7.90. The molecule has 2 heterocycles. The van der Waals surface area contributed by atoms with Gasteiger partial charge in [0.05, 0.1) is 16.3 Å². The molecule has 9 heteroatoms. The lowest BCUT2D eigenvalue weighted by atomic mass is 10.3. The monoisotopic (exact) mass is 394 g/mol. The van der Waals surface area contributed by atoms with Crippen LogP contribution in [-0.4, -0.2) is 25.6 Å². The van der Waals surface area contributed by atoms with Crippen molar-refractivity contribution in [1.29, 1.82) is 0 Å². The number of thiazole rings is 1. The molecule has 1 N–H and O–H groups in total. The number of rotatable bonds is 4. The van der Waals surface area contributed by atoms with Gasteiger partial charge in [0.15, 0.2) is 20.6 Å². The Bertz CT molecular complexity index is 1100. The molecule has 136 valence electrons. The van der Waals surface area contributed by atoms with Crippen LogP contribution in [0.3, 0.4) is 0 Å². The quantitative estimate of drug-likeness (QED) is 0.680. The van der Waals surface area contributed by atoms with E-state index in [1.807, 2.05) is 0 Å². The number of sulfone groups is 1. The Balaban J connectivity index is 1.91. The summed E-state index contributed by atoms with van der Waals surface area (Å²) in [5.41, 5.74) is 0.261. The van der Waals surface area contributed by atoms with E-state index in [0.717, 1.165) is 41.6 Å². The summed E-state index contributed by atoms with van der Waals surface area (Å²) in [5, 5.41) is 2.94. The van der Waals surface area contributed by atoms with Crippen molar-refractivity contribution in [2.24, 2.45) is 0 Å². The van der Waals surface area contributed by atoms with Crippen LogP contribution in [0.4, 0.5) is 10.1 Å². The zero-order valence-corrected chi connectivity index (χ0v) is 15.8. The number of nitrogens with zero attached hydrogens (tertiary/aromatic N) is 1. The first-order chi connectivity index (χ1) is 12.1. The van der Waals surface area contributed by atoms with Gasteiger partial charge in [-0.3, -0.25) is 4.79 Å². The Morgan fingerprint density at radius 3 is 2.58 bits per heavy atom. The number of carbonyl (C=O) groups excluding carboxylic acids is 1. The van der Waals surface area contributed by atoms with Gasteiger partial charge in [0, 0.05) is 6.26 Å². The molecule has 0 fully saturated rings. The maximum atomic E-state index is 14.0. The smallest absolute Gasteiger partial charge is 0.267 e. The molecule has 0 aliphatic carbocycles. The summed E-state index contributed by atoms with van der Waals surface area (Å²) in [4.78, 5) is 17.0. The third kappa shape index (κ3) is 3.68. The van der Waals surface area contributed by atoms with E-state index in [4.69, 9.17) is 4.42 Å². The number of carbonyl (C=O) groups is 1. The molecule has 0 radical (unpaired) electrons. The molecule has 0 aliphatic heterocycles. The van der Waals surface area contributed by atoms with Crippen molar-refractivity contribution in [3.05, 3.63) is 52.5 Å². The van der Waals surface area contributed by atoms with Crippen LogP contribution in [0.15, 0.2) is 39.6 Å². The molecule has 26 heavy (non-hydrogen) atoms. The lowest BCUT2D eigenvalue weighted by Gasteiger charge is -2.07. The summed E-state index contributed by atoms with van der Waals surface area (Å²) in [5.74, 6) is -0.0349. The predicted molar refractivity (Wildman–Crippen MR) is 96.8 cm³/mol. The predicted octanol–water partition coefficient (Wildman–Crippen LogP) is 3.81. The Hall–Kier alpha value is -2.52. The average Bonchev–Trinajstić information content (AvgIpc) is 3.14. The van der Waals surface area contributed by atoms with Gasteiger partial charge in [-0.2, -0.15) is 0 Å². The second-order valence-corrected chi connectivity index (χ2v) is 8.73.